The van der Waals surface area contributed by atoms with Crippen LogP contribution >= 0.6 is 11.6 Å². The van der Waals surface area contributed by atoms with E-state index in [4.69, 9.17) is 17.3 Å². The molecule has 5 heteroatoms. The number of aromatic nitrogens is 2. The first-order chi connectivity index (χ1) is 11.0. The molecule has 23 heavy (non-hydrogen) atoms. The van der Waals surface area contributed by atoms with Crippen LogP contribution in [0.4, 0.5) is 11.8 Å². The highest BCUT2D eigenvalue weighted by Crippen LogP contribution is 2.37. The van der Waals surface area contributed by atoms with Gasteiger partial charge in [0.25, 0.3) is 0 Å². The number of hydrogen-bond donors (Lipinski definition) is 1. The van der Waals surface area contributed by atoms with Crippen LogP contribution in [0.5, 0.6) is 0 Å². The molecule has 1 fully saturated rings. The summed E-state index contributed by atoms with van der Waals surface area (Å²) >= 11 is 6.46. The number of nitrogens with zero attached hydrogens (tertiary/aromatic N) is 3. The molecule has 1 atom stereocenters. The zero-order chi connectivity index (χ0) is 16.4. The maximum absolute atomic E-state index is 6.46. The SMILES string of the molecule is C=C1CCCC(c2ccccc2Cl)N(c2cc(C)nc(N)n2)C1. The molecule has 2 heterocycles. The molecule has 0 amide bonds. The second-order valence-corrected chi connectivity index (χ2v) is 6.44. The number of aryl methyl sites for hydroxylation is 1. The van der Waals surface area contributed by atoms with Gasteiger partial charge in [0.15, 0.2) is 0 Å². The molecular weight excluding hydrogens is 308 g/mol. The van der Waals surface area contributed by atoms with Gasteiger partial charge in [0.05, 0.1) is 6.04 Å². The molecule has 0 saturated carbocycles. The molecule has 2 aromatic rings. The van der Waals surface area contributed by atoms with E-state index in [1.165, 1.54) is 5.57 Å². The summed E-state index contributed by atoms with van der Waals surface area (Å²) in [7, 11) is 0. The zero-order valence-corrected chi connectivity index (χ0v) is 14.1. The molecular formula is C18H21ClN4. The molecule has 120 valence electrons. The Morgan fingerprint density at radius 1 is 1.30 bits per heavy atom. The van der Waals surface area contributed by atoms with E-state index < -0.39 is 0 Å². The Hall–Kier alpha value is -2.07. The highest BCUT2D eigenvalue weighted by Gasteiger charge is 2.27. The van der Waals surface area contributed by atoms with Crippen molar-refractivity contribution in [1.29, 1.82) is 0 Å². The van der Waals surface area contributed by atoms with E-state index in [1.807, 2.05) is 31.2 Å². The van der Waals surface area contributed by atoms with Crippen molar-refractivity contribution in [3.8, 4) is 0 Å². The van der Waals surface area contributed by atoms with Gasteiger partial charge >= 0.3 is 0 Å². The summed E-state index contributed by atoms with van der Waals surface area (Å²) in [6, 6.07) is 10.1. The minimum Gasteiger partial charge on any atom is -0.368 e. The number of benzene rings is 1. The fourth-order valence-electron chi connectivity index (χ4n) is 3.16. The predicted molar refractivity (Wildman–Crippen MR) is 95.7 cm³/mol. The van der Waals surface area contributed by atoms with Crippen molar-refractivity contribution in [3.05, 3.63) is 58.8 Å². The van der Waals surface area contributed by atoms with E-state index in [9.17, 15) is 0 Å². The molecule has 3 rings (SSSR count). The maximum atomic E-state index is 6.46. The van der Waals surface area contributed by atoms with Crippen LogP contribution in [0.25, 0.3) is 0 Å². The fourth-order valence-corrected chi connectivity index (χ4v) is 3.42. The largest absolute Gasteiger partial charge is 0.368 e. The summed E-state index contributed by atoms with van der Waals surface area (Å²) in [5.41, 5.74) is 9.04. The summed E-state index contributed by atoms with van der Waals surface area (Å²) in [5, 5.41) is 0.786. The van der Waals surface area contributed by atoms with Crippen molar-refractivity contribution < 1.29 is 0 Å². The van der Waals surface area contributed by atoms with E-state index in [1.54, 1.807) is 0 Å². The average Bonchev–Trinajstić information content (AvgIpc) is 2.68. The van der Waals surface area contributed by atoms with Crippen LogP contribution in [-0.4, -0.2) is 16.5 Å². The third-order valence-corrected chi connectivity index (χ3v) is 4.54. The van der Waals surface area contributed by atoms with Crippen LogP contribution in [0.2, 0.25) is 5.02 Å². The predicted octanol–water partition coefficient (Wildman–Crippen LogP) is 4.31. The van der Waals surface area contributed by atoms with E-state index in [0.717, 1.165) is 47.9 Å². The van der Waals surface area contributed by atoms with Crippen molar-refractivity contribution >= 4 is 23.4 Å². The Kier molecular flexibility index (Phi) is 4.53. The summed E-state index contributed by atoms with van der Waals surface area (Å²) < 4.78 is 0. The standard InChI is InChI=1S/C18H21ClN4/c1-12-6-5-9-16(14-7-3-4-8-15(14)19)23(11-12)17-10-13(2)21-18(20)22-17/h3-4,7-8,10,16H,1,5-6,9,11H2,2H3,(H2,20,21,22). The van der Waals surface area contributed by atoms with E-state index in [-0.39, 0.29) is 6.04 Å². The van der Waals surface area contributed by atoms with Gasteiger partial charge in [-0.15, -0.1) is 0 Å². The lowest BCUT2D eigenvalue weighted by atomic mass is 10.0. The third-order valence-electron chi connectivity index (χ3n) is 4.19. The number of nitrogen functional groups attached to an aromatic ring is 1. The van der Waals surface area contributed by atoms with Gasteiger partial charge in [-0.25, -0.2) is 4.98 Å². The van der Waals surface area contributed by atoms with Crippen molar-refractivity contribution in [2.45, 2.75) is 32.2 Å². The number of nitrogens with two attached hydrogens (primary N) is 1. The Labute approximate surface area is 142 Å². The summed E-state index contributed by atoms with van der Waals surface area (Å²) in [5.74, 6) is 1.13. The Balaban J connectivity index is 2.07. The van der Waals surface area contributed by atoms with Crippen LogP contribution < -0.4 is 10.6 Å². The molecule has 0 aliphatic carbocycles. The molecule has 1 saturated heterocycles. The van der Waals surface area contributed by atoms with Crippen LogP contribution in [0.15, 0.2) is 42.5 Å². The second kappa shape index (κ2) is 6.59. The summed E-state index contributed by atoms with van der Waals surface area (Å²) in [4.78, 5) is 10.9. The lowest BCUT2D eigenvalue weighted by Crippen LogP contribution is -2.30. The van der Waals surface area contributed by atoms with Crippen molar-refractivity contribution in [2.75, 3.05) is 17.2 Å². The molecule has 1 aromatic carbocycles. The molecule has 1 aliphatic rings. The molecule has 2 N–H and O–H groups in total. The molecule has 1 aliphatic heterocycles. The normalized spacial score (nSPS) is 18.8. The van der Waals surface area contributed by atoms with Crippen LogP contribution in [0, 0.1) is 6.92 Å². The van der Waals surface area contributed by atoms with Crippen molar-refractivity contribution in [1.82, 2.24) is 9.97 Å². The van der Waals surface area contributed by atoms with Gasteiger partial charge < -0.3 is 10.6 Å². The highest BCUT2D eigenvalue weighted by molar-refractivity contribution is 6.31. The maximum Gasteiger partial charge on any atom is 0.222 e. The molecule has 4 nitrogen and oxygen atoms in total. The van der Waals surface area contributed by atoms with Gasteiger partial charge in [0, 0.05) is 23.3 Å². The first-order valence-electron chi connectivity index (χ1n) is 7.83. The summed E-state index contributed by atoms with van der Waals surface area (Å²) in [6.07, 6.45) is 3.12. The van der Waals surface area contributed by atoms with Gasteiger partial charge in [-0.3, -0.25) is 0 Å². The minimum atomic E-state index is 0.164. The first-order valence-corrected chi connectivity index (χ1v) is 8.21. The quantitative estimate of drug-likeness (QED) is 0.835. The van der Waals surface area contributed by atoms with E-state index in [0.29, 0.717) is 5.95 Å². The molecule has 0 radical (unpaired) electrons. The van der Waals surface area contributed by atoms with Crippen LogP contribution in [-0.2, 0) is 0 Å². The van der Waals surface area contributed by atoms with Crippen LogP contribution in [0.1, 0.15) is 36.6 Å². The zero-order valence-electron chi connectivity index (χ0n) is 13.3. The highest BCUT2D eigenvalue weighted by atomic mass is 35.5. The van der Waals surface area contributed by atoms with E-state index >= 15 is 0 Å². The third kappa shape index (κ3) is 3.48. The molecule has 1 unspecified atom stereocenters. The topological polar surface area (TPSA) is 55.0 Å². The lowest BCUT2D eigenvalue weighted by molar-refractivity contribution is 0.596. The monoisotopic (exact) mass is 328 g/mol. The van der Waals surface area contributed by atoms with Crippen LogP contribution in [0.3, 0.4) is 0 Å². The molecule has 1 aromatic heterocycles. The number of hydrogen-bond acceptors (Lipinski definition) is 4. The second-order valence-electron chi connectivity index (χ2n) is 6.03. The van der Waals surface area contributed by atoms with Gasteiger partial charge in [-0.2, -0.15) is 4.98 Å². The van der Waals surface area contributed by atoms with Gasteiger partial charge in [0.2, 0.25) is 5.95 Å². The summed E-state index contributed by atoms with van der Waals surface area (Å²) in [6.45, 7) is 6.88. The molecule has 0 spiro atoms. The number of anilines is 2. The minimum absolute atomic E-state index is 0.164. The van der Waals surface area contributed by atoms with Crippen molar-refractivity contribution in [3.63, 3.8) is 0 Å². The van der Waals surface area contributed by atoms with E-state index in [2.05, 4.69) is 27.5 Å². The molecule has 0 bridgehead atoms. The Morgan fingerprint density at radius 3 is 2.83 bits per heavy atom. The van der Waals surface area contributed by atoms with Gasteiger partial charge in [-0.05, 0) is 37.8 Å². The van der Waals surface area contributed by atoms with Gasteiger partial charge in [-0.1, -0.05) is 42.0 Å². The fraction of sp³-hybridized carbons (Fsp3) is 0.333. The Morgan fingerprint density at radius 2 is 2.09 bits per heavy atom. The number of halogens is 1. The smallest absolute Gasteiger partial charge is 0.222 e. The van der Waals surface area contributed by atoms with Crippen molar-refractivity contribution in [2.24, 2.45) is 0 Å². The Bertz CT molecular complexity index is 708. The lowest BCUT2D eigenvalue weighted by Gasteiger charge is -2.32. The first kappa shape index (κ1) is 15.8. The average molecular weight is 329 g/mol. The number of rotatable bonds is 2. The van der Waals surface area contributed by atoms with Gasteiger partial charge in [0.1, 0.15) is 5.82 Å².